The summed E-state index contributed by atoms with van der Waals surface area (Å²) in [7, 11) is 0. The van der Waals surface area contributed by atoms with Gasteiger partial charge in [0.25, 0.3) is 0 Å². The van der Waals surface area contributed by atoms with Gasteiger partial charge in [0.1, 0.15) is 6.10 Å². The molecule has 82 valence electrons. The third kappa shape index (κ3) is 3.64. The number of carbonyl (C=O) groups is 1. The zero-order valence-corrected chi connectivity index (χ0v) is 9.17. The van der Waals surface area contributed by atoms with Crippen LogP contribution in [-0.4, -0.2) is 37.2 Å². The highest BCUT2D eigenvalue weighted by Gasteiger charge is 2.21. The van der Waals surface area contributed by atoms with Gasteiger partial charge in [0.05, 0.1) is 6.10 Å². The van der Waals surface area contributed by atoms with Crippen molar-refractivity contribution in [2.45, 2.75) is 45.4 Å². The summed E-state index contributed by atoms with van der Waals surface area (Å²) < 4.78 is 5.60. The largest absolute Gasteiger partial charge is 0.364 e. The van der Waals surface area contributed by atoms with E-state index in [4.69, 9.17) is 4.74 Å². The average molecular weight is 200 g/mol. The van der Waals surface area contributed by atoms with E-state index in [1.165, 1.54) is 0 Å². The van der Waals surface area contributed by atoms with Crippen molar-refractivity contribution in [3.05, 3.63) is 0 Å². The Hall–Kier alpha value is -0.610. The predicted octanol–water partition coefficient (Wildman–Crippen LogP) is 0.278. The Kier molecular flexibility index (Phi) is 4.35. The Bertz CT molecular complexity index is 189. The van der Waals surface area contributed by atoms with Crippen molar-refractivity contribution < 1.29 is 9.53 Å². The molecule has 1 rings (SSSR count). The van der Waals surface area contributed by atoms with Crippen LogP contribution in [0, 0.1) is 0 Å². The van der Waals surface area contributed by atoms with Gasteiger partial charge < -0.3 is 15.4 Å². The molecule has 0 bridgehead atoms. The molecular weight excluding hydrogens is 180 g/mol. The number of amides is 1. The van der Waals surface area contributed by atoms with E-state index in [1.807, 2.05) is 13.8 Å². The molecule has 0 saturated carbocycles. The van der Waals surface area contributed by atoms with Crippen LogP contribution in [0.15, 0.2) is 0 Å². The molecule has 0 aliphatic carbocycles. The van der Waals surface area contributed by atoms with Gasteiger partial charge in [0.2, 0.25) is 5.91 Å². The topological polar surface area (TPSA) is 50.4 Å². The van der Waals surface area contributed by atoms with Crippen LogP contribution in [0.4, 0.5) is 0 Å². The van der Waals surface area contributed by atoms with Crippen LogP contribution in [0.25, 0.3) is 0 Å². The molecule has 4 nitrogen and oxygen atoms in total. The summed E-state index contributed by atoms with van der Waals surface area (Å²) in [5, 5.41) is 6.03. The van der Waals surface area contributed by atoms with E-state index < -0.39 is 0 Å². The molecule has 0 aromatic carbocycles. The van der Waals surface area contributed by atoms with Crippen LogP contribution in [0.1, 0.15) is 27.2 Å². The molecule has 1 amide bonds. The lowest BCUT2D eigenvalue weighted by Crippen LogP contribution is -2.40. The van der Waals surface area contributed by atoms with Crippen molar-refractivity contribution in [3.8, 4) is 0 Å². The first-order valence-corrected chi connectivity index (χ1v) is 5.26. The lowest BCUT2D eigenvalue weighted by Gasteiger charge is -2.18. The van der Waals surface area contributed by atoms with Crippen molar-refractivity contribution in [1.29, 1.82) is 0 Å². The molecule has 14 heavy (non-hydrogen) atoms. The van der Waals surface area contributed by atoms with Gasteiger partial charge in [0, 0.05) is 12.6 Å². The Morgan fingerprint density at radius 1 is 1.50 bits per heavy atom. The Labute approximate surface area is 85.4 Å². The van der Waals surface area contributed by atoms with Crippen LogP contribution < -0.4 is 10.6 Å². The van der Waals surface area contributed by atoms with E-state index in [0.717, 1.165) is 19.5 Å². The predicted molar refractivity (Wildman–Crippen MR) is 55.1 cm³/mol. The van der Waals surface area contributed by atoms with E-state index in [1.54, 1.807) is 6.92 Å². The molecule has 2 N–H and O–H groups in total. The minimum absolute atomic E-state index is 0.0214. The molecule has 4 heteroatoms. The number of ether oxygens (including phenoxy) is 1. The highest BCUT2D eigenvalue weighted by molar-refractivity contribution is 5.80. The van der Waals surface area contributed by atoms with Gasteiger partial charge in [-0.25, -0.2) is 0 Å². The number of hydrogen-bond donors (Lipinski definition) is 2. The zero-order chi connectivity index (χ0) is 10.6. The van der Waals surface area contributed by atoms with E-state index in [2.05, 4.69) is 10.6 Å². The van der Waals surface area contributed by atoms with E-state index >= 15 is 0 Å². The summed E-state index contributed by atoms with van der Waals surface area (Å²) in [6, 6.07) is 0.176. The Balaban J connectivity index is 2.25. The maximum atomic E-state index is 11.5. The summed E-state index contributed by atoms with van der Waals surface area (Å²) in [6.07, 6.45) is 0.851. The van der Waals surface area contributed by atoms with Gasteiger partial charge in [-0.15, -0.1) is 0 Å². The number of hydrogen-bond acceptors (Lipinski definition) is 3. The first kappa shape index (κ1) is 11.5. The van der Waals surface area contributed by atoms with Crippen molar-refractivity contribution in [2.75, 3.05) is 13.1 Å². The quantitative estimate of drug-likeness (QED) is 0.685. The molecule has 0 aromatic heterocycles. The van der Waals surface area contributed by atoms with Crippen LogP contribution in [0.2, 0.25) is 0 Å². The fourth-order valence-corrected chi connectivity index (χ4v) is 1.50. The molecule has 0 spiro atoms. The lowest BCUT2D eigenvalue weighted by atomic mass is 10.3. The minimum atomic E-state index is -0.345. The van der Waals surface area contributed by atoms with Crippen molar-refractivity contribution in [1.82, 2.24) is 10.6 Å². The van der Waals surface area contributed by atoms with Crippen molar-refractivity contribution in [3.63, 3.8) is 0 Å². The van der Waals surface area contributed by atoms with E-state index in [0.29, 0.717) is 0 Å². The molecule has 2 atom stereocenters. The van der Waals surface area contributed by atoms with Crippen molar-refractivity contribution >= 4 is 5.91 Å². The molecule has 1 fully saturated rings. The fraction of sp³-hybridized carbons (Fsp3) is 0.900. The van der Waals surface area contributed by atoms with Gasteiger partial charge in [-0.1, -0.05) is 0 Å². The number of carbonyl (C=O) groups excluding carboxylic acids is 1. The highest BCUT2D eigenvalue weighted by atomic mass is 16.5. The maximum Gasteiger partial charge on any atom is 0.249 e. The maximum absolute atomic E-state index is 11.5. The van der Waals surface area contributed by atoms with Crippen LogP contribution in [-0.2, 0) is 9.53 Å². The highest BCUT2D eigenvalue weighted by Crippen LogP contribution is 2.06. The molecule has 0 aromatic rings. The summed E-state index contributed by atoms with van der Waals surface area (Å²) >= 11 is 0. The Morgan fingerprint density at radius 2 is 2.21 bits per heavy atom. The SMILES string of the molecule is CC(C)NC(=O)C(C)OC1CCNC1. The molecule has 1 saturated heterocycles. The normalized spacial score (nSPS) is 23.9. The molecule has 2 unspecified atom stereocenters. The molecule has 1 aliphatic rings. The third-order valence-electron chi connectivity index (χ3n) is 2.21. The average Bonchev–Trinajstić information content (AvgIpc) is 2.55. The van der Waals surface area contributed by atoms with Gasteiger partial charge in [0.15, 0.2) is 0 Å². The smallest absolute Gasteiger partial charge is 0.249 e. The summed E-state index contributed by atoms with van der Waals surface area (Å²) in [5.41, 5.74) is 0. The monoisotopic (exact) mass is 200 g/mol. The summed E-state index contributed by atoms with van der Waals surface area (Å²) in [4.78, 5) is 11.5. The molecule has 0 radical (unpaired) electrons. The van der Waals surface area contributed by atoms with Crippen LogP contribution >= 0.6 is 0 Å². The van der Waals surface area contributed by atoms with Crippen LogP contribution in [0.3, 0.4) is 0 Å². The van der Waals surface area contributed by atoms with Crippen LogP contribution in [0.5, 0.6) is 0 Å². The molecule has 1 aliphatic heterocycles. The summed E-state index contributed by atoms with van der Waals surface area (Å²) in [6.45, 7) is 7.54. The zero-order valence-electron chi connectivity index (χ0n) is 9.17. The third-order valence-corrected chi connectivity index (χ3v) is 2.21. The second kappa shape index (κ2) is 5.32. The van der Waals surface area contributed by atoms with Gasteiger partial charge in [-0.3, -0.25) is 4.79 Å². The van der Waals surface area contributed by atoms with E-state index in [-0.39, 0.29) is 24.2 Å². The lowest BCUT2D eigenvalue weighted by molar-refractivity contribution is -0.135. The number of nitrogens with one attached hydrogen (secondary N) is 2. The van der Waals surface area contributed by atoms with Gasteiger partial charge in [-0.05, 0) is 33.7 Å². The molecular formula is C10H20N2O2. The fourth-order valence-electron chi connectivity index (χ4n) is 1.50. The van der Waals surface area contributed by atoms with Gasteiger partial charge >= 0.3 is 0 Å². The first-order valence-electron chi connectivity index (χ1n) is 5.26. The second-order valence-electron chi connectivity index (χ2n) is 4.06. The Morgan fingerprint density at radius 3 is 2.71 bits per heavy atom. The molecule has 1 heterocycles. The standard InChI is InChI=1S/C10H20N2O2/c1-7(2)12-10(13)8(3)14-9-4-5-11-6-9/h7-9,11H,4-6H2,1-3H3,(H,12,13). The summed E-state index contributed by atoms with van der Waals surface area (Å²) in [5.74, 6) is -0.0214. The van der Waals surface area contributed by atoms with E-state index in [9.17, 15) is 4.79 Å². The van der Waals surface area contributed by atoms with Gasteiger partial charge in [-0.2, -0.15) is 0 Å². The van der Waals surface area contributed by atoms with Crippen molar-refractivity contribution in [2.24, 2.45) is 0 Å². The second-order valence-corrected chi connectivity index (χ2v) is 4.06. The number of rotatable bonds is 4. The first-order chi connectivity index (χ1) is 6.59. The minimum Gasteiger partial charge on any atom is -0.364 e.